The molecule has 106 valence electrons. The summed E-state index contributed by atoms with van der Waals surface area (Å²) >= 11 is 0. The van der Waals surface area contributed by atoms with Gasteiger partial charge in [0.25, 0.3) is 0 Å². The number of carbonyl (C=O) groups excluding carboxylic acids is 1. The van der Waals surface area contributed by atoms with Gasteiger partial charge in [-0.1, -0.05) is 12.1 Å². The number of rotatable bonds is 2. The highest BCUT2D eigenvalue weighted by Gasteiger charge is 2.18. The predicted molar refractivity (Wildman–Crippen MR) is 73.1 cm³/mol. The van der Waals surface area contributed by atoms with E-state index in [0.29, 0.717) is 6.42 Å². The first-order chi connectivity index (χ1) is 9.33. The van der Waals surface area contributed by atoms with Crippen molar-refractivity contribution in [3.05, 3.63) is 53.6 Å². The third-order valence-corrected chi connectivity index (χ3v) is 2.52. The lowest BCUT2D eigenvalue weighted by Gasteiger charge is -2.18. The van der Waals surface area contributed by atoms with Crippen LogP contribution in [0.15, 0.2) is 36.5 Å². The number of aromatic nitrogens is 2. The summed E-state index contributed by atoms with van der Waals surface area (Å²) in [4.78, 5) is 11.8. The lowest BCUT2D eigenvalue weighted by Crippen LogP contribution is -2.27. The number of hydrogen-bond acceptors (Lipinski definition) is 3. The Morgan fingerprint density at radius 3 is 2.50 bits per heavy atom. The SMILES string of the molecule is CC(C)(C)OC(=O)n1ccc(Cc2ccc(F)cc2)n1. The standard InChI is InChI=1S/C15H17FN2O2/c1-15(2,3)20-14(19)18-9-8-13(17-18)10-11-4-6-12(16)7-5-11/h4-9H,10H2,1-3H3. The molecule has 0 radical (unpaired) electrons. The molecule has 4 nitrogen and oxygen atoms in total. The van der Waals surface area contributed by atoms with Crippen LogP contribution in [-0.2, 0) is 11.2 Å². The second-order valence-corrected chi connectivity index (χ2v) is 5.54. The van der Waals surface area contributed by atoms with Gasteiger partial charge in [-0.25, -0.2) is 9.18 Å². The molecule has 0 unspecified atom stereocenters. The van der Waals surface area contributed by atoms with E-state index in [-0.39, 0.29) is 5.82 Å². The molecule has 0 aliphatic carbocycles. The van der Waals surface area contributed by atoms with E-state index in [0.717, 1.165) is 11.3 Å². The third-order valence-electron chi connectivity index (χ3n) is 2.52. The monoisotopic (exact) mass is 276 g/mol. The highest BCUT2D eigenvalue weighted by molar-refractivity contribution is 5.69. The van der Waals surface area contributed by atoms with Crippen molar-refractivity contribution in [1.29, 1.82) is 0 Å². The molecule has 2 aromatic rings. The first-order valence-corrected chi connectivity index (χ1v) is 6.36. The number of hydrogen-bond donors (Lipinski definition) is 0. The molecule has 1 aromatic heterocycles. The van der Waals surface area contributed by atoms with Gasteiger partial charge in [0.05, 0.1) is 5.69 Å². The Morgan fingerprint density at radius 1 is 1.25 bits per heavy atom. The first-order valence-electron chi connectivity index (χ1n) is 6.36. The second-order valence-electron chi connectivity index (χ2n) is 5.54. The number of carbonyl (C=O) groups is 1. The van der Waals surface area contributed by atoms with Gasteiger partial charge < -0.3 is 4.74 Å². The Morgan fingerprint density at radius 2 is 1.90 bits per heavy atom. The van der Waals surface area contributed by atoms with Crippen molar-refractivity contribution in [3.63, 3.8) is 0 Å². The zero-order valence-electron chi connectivity index (χ0n) is 11.8. The first kappa shape index (κ1) is 14.2. The molecular formula is C15H17FN2O2. The molecule has 0 aliphatic heterocycles. The summed E-state index contributed by atoms with van der Waals surface area (Å²) in [5.74, 6) is -0.270. The molecule has 0 fully saturated rings. The van der Waals surface area contributed by atoms with Crippen molar-refractivity contribution in [2.75, 3.05) is 0 Å². The minimum absolute atomic E-state index is 0.270. The van der Waals surface area contributed by atoms with E-state index in [4.69, 9.17) is 4.74 Å². The highest BCUT2D eigenvalue weighted by Crippen LogP contribution is 2.11. The van der Waals surface area contributed by atoms with Gasteiger partial charge in [-0.15, -0.1) is 0 Å². The van der Waals surface area contributed by atoms with Gasteiger partial charge >= 0.3 is 6.09 Å². The molecule has 0 atom stereocenters. The van der Waals surface area contributed by atoms with Crippen molar-refractivity contribution in [3.8, 4) is 0 Å². The lowest BCUT2D eigenvalue weighted by molar-refractivity contribution is 0.0514. The average Bonchev–Trinajstić information content (AvgIpc) is 2.79. The number of benzene rings is 1. The average molecular weight is 276 g/mol. The normalized spacial score (nSPS) is 11.4. The van der Waals surface area contributed by atoms with Crippen LogP contribution in [0.1, 0.15) is 32.0 Å². The minimum Gasteiger partial charge on any atom is -0.442 e. The predicted octanol–water partition coefficient (Wildman–Crippen LogP) is 3.40. The fourth-order valence-corrected chi connectivity index (χ4v) is 1.68. The van der Waals surface area contributed by atoms with Crippen molar-refractivity contribution in [2.24, 2.45) is 0 Å². The molecule has 1 heterocycles. The quantitative estimate of drug-likeness (QED) is 0.844. The van der Waals surface area contributed by atoms with E-state index < -0.39 is 11.7 Å². The molecule has 20 heavy (non-hydrogen) atoms. The van der Waals surface area contributed by atoms with Crippen LogP contribution in [0.3, 0.4) is 0 Å². The molecule has 1 aromatic carbocycles. The molecule has 0 saturated heterocycles. The molecule has 2 rings (SSSR count). The van der Waals surface area contributed by atoms with Gasteiger partial charge in [0, 0.05) is 12.6 Å². The maximum atomic E-state index is 12.8. The van der Waals surface area contributed by atoms with Crippen LogP contribution in [0.2, 0.25) is 0 Å². The molecule has 0 spiro atoms. The summed E-state index contributed by atoms with van der Waals surface area (Å²) in [5, 5.41) is 4.16. The topological polar surface area (TPSA) is 44.1 Å². The van der Waals surface area contributed by atoms with Crippen LogP contribution in [0, 0.1) is 5.82 Å². The van der Waals surface area contributed by atoms with E-state index >= 15 is 0 Å². The van der Waals surface area contributed by atoms with Gasteiger partial charge in [-0.05, 0) is 44.5 Å². The molecule has 0 saturated carbocycles. The second kappa shape index (κ2) is 5.45. The van der Waals surface area contributed by atoms with Crippen LogP contribution in [0.25, 0.3) is 0 Å². The Kier molecular flexibility index (Phi) is 3.88. The summed E-state index contributed by atoms with van der Waals surface area (Å²) in [7, 11) is 0. The third kappa shape index (κ3) is 3.91. The van der Waals surface area contributed by atoms with E-state index in [1.54, 1.807) is 45.2 Å². The van der Waals surface area contributed by atoms with E-state index in [9.17, 15) is 9.18 Å². The summed E-state index contributed by atoms with van der Waals surface area (Å²) in [6.07, 6.45) is 1.59. The molecule has 5 heteroatoms. The van der Waals surface area contributed by atoms with Crippen molar-refractivity contribution >= 4 is 6.09 Å². The van der Waals surface area contributed by atoms with Crippen LogP contribution < -0.4 is 0 Å². The maximum absolute atomic E-state index is 12.8. The van der Waals surface area contributed by atoms with Crippen LogP contribution >= 0.6 is 0 Å². The summed E-state index contributed by atoms with van der Waals surface area (Å²) in [5.41, 5.74) is 1.10. The van der Waals surface area contributed by atoms with Crippen LogP contribution in [-0.4, -0.2) is 21.5 Å². The summed E-state index contributed by atoms with van der Waals surface area (Å²) in [6.45, 7) is 5.40. The van der Waals surface area contributed by atoms with E-state index in [1.807, 2.05) is 0 Å². The molecule has 0 bridgehead atoms. The number of nitrogens with zero attached hydrogens (tertiary/aromatic N) is 2. The largest absolute Gasteiger partial charge is 0.442 e. The van der Waals surface area contributed by atoms with Gasteiger partial charge in [0.1, 0.15) is 11.4 Å². The number of ether oxygens (including phenoxy) is 1. The van der Waals surface area contributed by atoms with Gasteiger partial charge in [0.15, 0.2) is 0 Å². The highest BCUT2D eigenvalue weighted by atomic mass is 19.1. The minimum atomic E-state index is -0.555. The molecule has 0 amide bonds. The van der Waals surface area contributed by atoms with Gasteiger partial charge in [-0.2, -0.15) is 9.78 Å². The zero-order chi connectivity index (χ0) is 14.8. The Balaban J connectivity index is 2.05. The summed E-state index contributed by atoms with van der Waals surface area (Å²) < 4.78 is 19.2. The number of halogens is 1. The molecule has 0 aliphatic rings. The van der Waals surface area contributed by atoms with E-state index in [2.05, 4.69) is 5.10 Å². The Hall–Kier alpha value is -2.17. The van der Waals surface area contributed by atoms with Crippen LogP contribution in [0.5, 0.6) is 0 Å². The van der Waals surface area contributed by atoms with E-state index in [1.165, 1.54) is 16.8 Å². The van der Waals surface area contributed by atoms with Gasteiger partial charge in [0.2, 0.25) is 0 Å². The van der Waals surface area contributed by atoms with Crippen molar-refractivity contribution in [2.45, 2.75) is 32.8 Å². The van der Waals surface area contributed by atoms with Crippen molar-refractivity contribution in [1.82, 2.24) is 9.78 Å². The fourth-order valence-electron chi connectivity index (χ4n) is 1.68. The van der Waals surface area contributed by atoms with Crippen molar-refractivity contribution < 1.29 is 13.9 Å². The summed E-state index contributed by atoms with van der Waals surface area (Å²) in [6, 6.07) is 7.94. The Labute approximate surface area is 117 Å². The maximum Gasteiger partial charge on any atom is 0.435 e. The molecular weight excluding hydrogens is 259 g/mol. The van der Waals surface area contributed by atoms with Gasteiger partial charge in [-0.3, -0.25) is 0 Å². The Bertz CT molecular complexity index is 597. The fraction of sp³-hybridized carbons (Fsp3) is 0.333. The smallest absolute Gasteiger partial charge is 0.435 e. The zero-order valence-corrected chi connectivity index (χ0v) is 11.8. The molecule has 0 N–H and O–H groups in total. The lowest BCUT2D eigenvalue weighted by atomic mass is 10.1. The van der Waals surface area contributed by atoms with Crippen LogP contribution in [0.4, 0.5) is 9.18 Å².